The van der Waals surface area contributed by atoms with Crippen molar-refractivity contribution in [2.24, 2.45) is 0 Å². The average molecular weight is 216 g/mol. The van der Waals surface area contributed by atoms with Gasteiger partial charge in [-0.15, -0.1) is 0 Å². The van der Waals surface area contributed by atoms with Crippen LogP contribution in [0.4, 0.5) is 5.69 Å². The number of nitrogens with zero attached hydrogens (tertiary/aromatic N) is 1. The van der Waals surface area contributed by atoms with Gasteiger partial charge in [0.15, 0.2) is 0 Å². The fraction of sp³-hybridized carbons (Fsp3) is 0.167. The first kappa shape index (κ1) is 10.4. The second-order valence-electron chi connectivity index (χ2n) is 3.60. The van der Waals surface area contributed by atoms with Gasteiger partial charge in [-0.25, -0.2) is 4.79 Å². The van der Waals surface area contributed by atoms with E-state index in [0.717, 1.165) is 16.5 Å². The molecule has 4 nitrogen and oxygen atoms in total. The Bertz CT molecular complexity index is 564. The maximum absolute atomic E-state index is 11.4. The molecule has 0 bridgehead atoms. The molecule has 0 fully saturated rings. The van der Waals surface area contributed by atoms with E-state index in [4.69, 9.17) is 5.73 Å². The van der Waals surface area contributed by atoms with Crippen LogP contribution in [0.1, 0.15) is 15.9 Å². The van der Waals surface area contributed by atoms with Crippen LogP contribution in [0, 0.1) is 6.92 Å². The minimum Gasteiger partial charge on any atom is -0.465 e. The van der Waals surface area contributed by atoms with Crippen molar-refractivity contribution >= 4 is 22.6 Å². The molecule has 0 aliphatic heterocycles. The summed E-state index contributed by atoms with van der Waals surface area (Å²) in [6.45, 7) is 1.98. The van der Waals surface area contributed by atoms with Crippen molar-refractivity contribution in [3.63, 3.8) is 0 Å². The number of carbonyl (C=O) groups is 1. The Morgan fingerprint density at radius 3 is 2.88 bits per heavy atom. The van der Waals surface area contributed by atoms with Crippen molar-refractivity contribution in [2.75, 3.05) is 12.8 Å². The molecule has 0 aliphatic carbocycles. The Morgan fingerprint density at radius 2 is 2.19 bits per heavy atom. The molecule has 0 radical (unpaired) electrons. The number of nitrogen functional groups attached to an aromatic ring is 1. The average Bonchev–Trinajstić information content (AvgIpc) is 2.28. The lowest BCUT2D eigenvalue weighted by Gasteiger charge is -2.07. The van der Waals surface area contributed by atoms with Gasteiger partial charge in [-0.2, -0.15) is 0 Å². The predicted molar refractivity (Wildman–Crippen MR) is 62.2 cm³/mol. The third-order valence-corrected chi connectivity index (χ3v) is 2.47. The number of rotatable bonds is 1. The Morgan fingerprint density at radius 1 is 1.44 bits per heavy atom. The normalized spacial score (nSPS) is 10.4. The number of hydrogen-bond donors (Lipinski definition) is 1. The monoisotopic (exact) mass is 216 g/mol. The van der Waals surface area contributed by atoms with Crippen molar-refractivity contribution in [1.29, 1.82) is 0 Å². The minimum atomic E-state index is -0.465. The topological polar surface area (TPSA) is 65.2 Å². The molecule has 2 rings (SSSR count). The molecule has 0 aliphatic rings. The number of pyridine rings is 1. The van der Waals surface area contributed by atoms with Gasteiger partial charge in [0.05, 0.1) is 18.3 Å². The second kappa shape index (κ2) is 3.81. The van der Waals surface area contributed by atoms with Gasteiger partial charge in [-0.1, -0.05) is 12.1 Å². The number of hydrogen-bond acceptors (Lipinski definition) is 4. The van der Waals surface area contributed by atoms with E-state index >= 15 is 0 Å². The van der Waals surface area contributed by atoms with Crippen molar-refractivity contribution in [1.82, 2.24) is 4.98 Å². The highest BCUT2D eigenvalue weighted by Gasteiger charge is 2.13. The maximum atomic E-state index is 11.4. The number of esters is 1. The van der Waals surface area contributed by atoms with E-state index in [2.05, 4.69) is 9.72 Å². The van der Waals surface area contributed by atoms with Gasteiger partial charge >= 0.3 is 5.97 Å². The third-order valence-electron chi connectivity index (χ3n) is 2.47. The number of nitrogens with two attached hydrogens (primary N) is 1. The maximum Gasteiger partial charge on any atom is 0.341 e. The summed E-state index contributed by atoms with van der Waals surface area (Å²) in [7, 11) is 1.32. The van der Waals surface area contributed by atoms with Crippen molar-refractivity contribution in [3.05, 3.63) is 35.5 Å². The second-order valence-corrected chi connectivity index (χ2v) is 3.60. The zero-order valence-corrected chi connectivity index (χ0v) is 9.15. The molecule has 82 valence electrons. The molecule has 2 N–H and O–H groups in total. The van der Waals surface area contributed by atoms with E-state index in [9.17, 15) is 4.79 Å². The van der Waals surface area contributed by atoms with E-state index < -0.39 is 5.97 Å². The van der Waals surface area contributed by atoms with Gasteiger partial charge in [0, 0.05) is 11.6 Å². The lowest BCUT2D eigenvalue weighted by atomic mass is 10.1. The van der Waals surface area contributed by atoms with Crippen molar-refractivity contribution < 1.29 is 9.53 Å². The SMILES string of the molecule is COC(=O)c1cnc2cc(C)ccc2c1N. The molecule has 1 aromatic carbocycles. The smallest absolute Gasteiger partial charge is 0.341 e. The van der Waals surface area contributed by atoms with Crippen molar-refractivity contribution in [2.45, 2.75) is 6.92 Å². The minimum absolute atomic E-state index is 0.304. The Labute approximate surface area is 93.0 Å². The lowest BCUT2D eigenvalue weighted by molar-refractivity contribution is 0.0601. The van der Waals surface area contributed by atoms with Crippen LogP contribution in [-0.4, -0.2) is 18.1 Å². The van der Waals surface area contributed by atoms with Gasteiger partial charge in [0.25, 0.3) is 0 Å². The molecule has 0 amide bonds. The fourth-order valence-electron chi connectivity index (χ4n) is 1.60. The Kier molecular flexibility index (Phi) is 2.48. The molecule has 2 aromatic rings. The third kappa shape index (κ3) is 1.58. The summed E-state index contributed by atoms with van der Waals surface area (Å²) in [6.07, 6.45) is 1.45. The number of benzene rings is 1. The number of fused-ring (bicyclic) bond motifs is 1. The van der Waals surface area contributed by atoms with E-state index in [-0.39, 0.29) is 0 Å². The zero-order valence-electron chi connectivity index (χ0n) is 9.15. The molecule has 0 spiro atoms. The van der Waals surface area contributed by atoms with Gasteiger partial charge in [0.2, 0.25) is 0 Å². The van der Waals surface area contributed by atoms with Crippen molar-refractivity contribution in [3.8, 4) is 0 Å². The first-order valence-electron chi connectivity index (χ1n) is 4.86. The number of methoxy groups -OCH3 is 1. The molecule has 0 atom stereocenters. The fourth-order valence-corrected chi connectivity index (χ4v) is 1.60. The number of carbonyl (C=O) groups excluding carboxylic acids is 1. The van der Waals surface area contributed by atoms with Gasteiger partial charge in [0.1, 0.15) is 5.56 Å². The first-order chi connectivity index (χ1) is 7.63. The summed E-state index contributed by atoms with van der Waals surface area (Å²) in [6, 6.07) is 5.72. The predicted octanol–water partition coefficient (Wildman–Crippen LogP) is 1.91. The molecule has 0 saturated heterocycles. The summed E-state index contributed by atoms with van der Waals surface area (Å²) < 4.78 is 4.63. The van der Waals surface area contributed by atoms with Gasteiger partial charge in [-0.05, 0) is 18.6 Å². The summed E-state index contributed by atoms with van der Waals surface area (Å²) in [5, 5.41) is 0.772. The van der Waals surface area contributed by atoms with E-state index in [1.165, 1.54) is 13.3 Å². The van der Waals surface area contributed by atoms with Crippen LogP contribution in [-0.2, 0) is 4.74 Å². The largest absolute Gasteiger partial charge is 0.465 e. The summed E-state index contributed by atoms with van der Waals surface area (Å²) in [5.41, 5.74) is 8.51. The summed E-state index contributed by atoms with van der Waals surface area (Å²) in [5.74, 6) is -0.465. The Hall–Kier alpha value is -2.10. The lowest BCUT2D eigenvalue weighted by Crippen LogP contribution is -2.06. The van der Waals surface area contributed by atoms with Crippen LogP contribution < -0.4 is 5.73 Å². The van der Waals surface area contributed by atoms with E-state index in [1.807, 2.05) is 25.1 Å². The van der Waals surface area contributed by atoms with E-state index in [1.54, 1.807) is 0 Å². The summed E-state index contributed by atoms with van der Waals surface area (Å²) >= 11 is 0. The van der Waals surface area contributed by atoms with Crippen LogP contribution in [0.5, 0.6) is 0 Å². The van der Waals surface area contributed by atoms with Crippen LogP contribution in [0.15, 0.2) is 24.4 Å². The highest BCUT2D eigenvalue weighted by molar-refractivity contribution is 6.03. The molecule has 0 unspecified atom stereocenters. The molecule has 16 heavy (non-hydrogen) atoms. The number of aromatic nitrogens is 1. The van der Waals surface area contributed by atoms with Crippen LogP contribution in [0.3, 0.4) is 0 Å². The van der Waals surface area contributed by atoms with E-state index in [0.29, 0.717) is 11.3 Å². The van der Waals surface area contributed by atoms with Crippen LogP contribution in [0.2, 0.25) is 0 Å². The number of aryl methyl sites for hydroxylation is 1. The first-order valence-corrected chi connectivity index (χ1v) is 4.86. The molecule has 4 heteroatoms. The molecule has 1 heterocycles. The molecule has 1 aromatic heterocycles. The highest BCUT2D eigenvalue weighted by Crippen LogP contribution is 2.24. The molecule has 0 saturated carbocycles. The molecular weight excluding hydrogens is 204 g/mol. The number of ether oxygens (including phenoxy) is 1. The summed E-state index contributed by atoms with van der Waals surface area (Å²) in [4.78, 5) is 15.6. The highest BCUT2D eigenvalue weighted by atomic mass is 16.5. The zero-order chi connectivity index (χ0) is 11.7. The quantitative estimate of drug-likeness (QED) is 0.739. The van der Waals surface area contributed by atoms with Crippen LogP contribution >= 0.6 is 0 Å². The molecular formula is C12H12N2O2. The van der Waals surface area contributed by atoms with Crippen LogP contribution in [0.25, 0.3) is 10.9 Å². The number of anilines is 1. The Balaban J connectivity index is 2.70. The van der Waals surface area contributed by atoms with Gasteiger partial charge < -0.3 is 10.5 Å². The standard InChI is InChI=1S/C12H12N2O2/c1-7-3-4-8-10(5-7)14-6-9(11(8)13)12(15)16-2/h3-6H,1-2H3,(H2,13,14). The van der Waals surface area contributed by atoms with Gasteiger partial charge in [-0.3, -0.25) is 4.98 Å².